The minimum absolute atomic E-state index is 0.0519. The van der Waals surface area contributed by atoms with E-state index in [2.05, 4.69) is 4.98 Å². The van der Waals surface area contributed by atoms with E-state index in [0.29, 0.717) is 12.1 Å². The number of amides is 1. The summed E-state index contributed by atoms with van der Waals surface area (Å²) in [7, 11) is 0. The molecule has 1 aromatic carbocycles. The fourth-order valence-electron chi connectivity index (χ4n) is 2.90. The Bertz CT molecular complexity index is 670. The number of nitrogens with zero attached hydrogens (tertiary/aromatic N) is 1. The average Bonchev–Trinajstić information content (AvgIpc) is 2.82. The molecule has 0 bridgehead atoms. The third-order valence-corrected chi connectivity index (χ3v) is 4.15. The van der Waals surface area contributed by atoms with Crippen LogP contribution in [-0.4, -0.2) is 27.6 Å². The summed E-state index contributed by atoms with van der Waals surface area (Å²) in [5, 5.41) is 10.1. The molecule has 1 unspecified atom stereocenters. The van der Waals surface area contributed by atoms with E-state index in [9.17, 15) is 14.3 Å². The summed E-state index contributed by atoms with van der Waals surface area (Å²) >= 11 is 5.84. The van der Waals surface area contributed by atoms with Crippen LogP contribution in [0.1, 0.15) is 30.9 Å². The van der Waals surface area contributed by atoms with Crippen molar-refractivity contribution in [3.63, 3.8) is 0 Å². The van der Waals surface area contributed by atoms with Crippen molar-refractivity contribution in [1.82, 2.24) is 9.88 Å². The lowest BCUT2D eigenvalue weighted by atomic mass is 9.95. The number of likely N-dealkylation sites (tertiary alicyclic amines) is 1. The van der Waals surface area contributed by atoms with Gasteiger partial charge in [0, 0.05) is 29.2 Å². The SMILES string of the molecule is O=C(O)N1CCCCC1c1c[nH]c2cc(F)c(Cl)cc12. The lowest BCUT2D eigenvalue weighted by Crippen LogP contribution is -2.37. The highest BCUT2D eigenvalue weighted by atomic mass is 35.5. The molecule has 106 valence electrons. The molecule has 6 heteroatoms. The Balaban J connectivity index is 2.08. The van der Waals surface area contributed by atoms with Gasteiger partial charge in [-0.2, -0.15) is 0 Å². The number of nitrogens with one attached hydrogen (secondary N) is 1. The largest absolute Gasteiger partial charge is 0.465 e. The molecular formula is C14H14ClFN2O2. The van der Waals surface area contributed by atoms with Gasteiger partial charge in [-0.05, 0) is 31.4 Å². The second kappa shape index (κ2) is 4.98. The Morgan fingerprint density at radius 3 is 3.00 bits per heavy atom. The molecule has 2 N–H and O–H groups in total. The van der Waals surface area contributed by atoms with Gasteiger partial charge in [0.2, 0.25) is 0 Å². The molecule has 0 saturated carbocycles. The highest BCUT2D eigenvalue weighted by Crippen LogP contribution is 2.36. The molecule has 4 nitrogen and oxygen atoms in total. The molecule has 2 heterocycles. The summed E-state index contributed by atoms with van der Waals surface area (Å²) in [6.45, 7) is 0.529. The highest BCUT2D eigenvalue weighted by molar-refractivity contribution is 6.31. The number of benzene rings is 1. The van der Waals surface area contributed by atoms with Crippen molar-refractivity contribution in [2.45, 2.75) is 25.3 Å². The molecule has 1 saturated heterocycles. The standard InChI is InChI=1S/C14H14ClFN2O2/c15-10-5-8-9(7-17-12(8)6-11(10)16)13-3-1-2-4-18(13)14(19)20/h5-7,13,17H,1-4H2,(H,19,20). The van der Waals surface area contributed by atoms with Gasteiger partial charge in [-0.15, -0.1) is 0 Å². The Morgan fingerprint density at radius 1 is 1.45 bits per heavy atom. The first-order valence-electron chi connectivity index (χ1n) is 6.53. The normalized spacial score (nSPS) is 19.5. The first-order valence-corrected chi connectivity index (χ1v) is 6.91. The van der Waals surface area contributed by atoms with Crippen LogP contribution in [0.15, 0.2) is 18.3 Å². The quantitative estimate of drug-likeness (QED) is 0.830. The molecule has 1 aliphatic heterocycles. The maximum Gasteiger partial charge on any atom is 0.407 e. The number of hydrogen-bond donors (Lipinski definition) is 2. The number of halogens is 2. The van der Waals surface area contributed by atoms with Crippen LogP contribution in [0.5, 0.6) is 0 Å². The molecule has 3 rings (SSSR count). The number of fused-ring (bicyclic) bond motifs is 1. The van der Waals surface area contributed by atoms with Crippen molar-refractivity contribution >= 4 is 28.6 Å². The number of aromatic amines is 1. The second-order valence-corrected chi connectivity index (χ2v) is 5.45. The minimum atomic E-state index is -0.919. The minimum Gasteiger partial charge on any atom is -0.465 e. The van der Waals surface area contributed by atoms with Crippen LogP contribution in [-0.2, 0) is 0 Å². The molecule has 1 amide bonds. The molecule has 1 atom stereocenters. The monoisotopic (exact) mass is 296 g/mol. The number of H-pyrrole nitrogens is 1. The average molecular weight is 297 g/mol. The fraction of sp³-hybridized carbons (Fsp3) is 0.357. The number of rotatable bonds is 1. The number of piperidine rings is 1. The lowest BCUT2D eigenvalue weighted by Gasteiger charge is -2.33. The van der Waals surface area contributed by atoms with Crippen LogP contribution in [0.3, 0.4) is 0 Å². The summed E-state index contributed by atoms with van der Waals surface area (Å²) in [5.41, 5.74) is 1.50. The fourth-order valence-corrected chi connectivity index (χ4v) is 3.06. The smallest absolute Gasteiger partial charge is 0.407 e. The van der Waals surface area contributed by atoms with Gasteiger partial charge in [-0.3, -0.25) is 0 Å². The summed E-state index contributed by atoms with van der Waals surface area (Å²) in [6, 6.07) is 2.71. The Kier molecular flexibility index (Phi) is 3.30. The summed E-state index contributed by atoms with van der Waals surface area (Å²) < 4.78 is 13.4. The zero-order valence-corrected chi connectivity index (χ0v) is 11.5. The summed E-state index contributed by atoms with van der Waals surface area (Å²) in [6.07, 6.45) is 3.47. The van der Waals surface area contributed by atoms with E-state index < -0.39 is 11.9 Å². The number of carbonyl (C=O) groups is 1. The van der Waals surface area contributed by atoms with Gasteiger partial charge in [-0.25, -0.2) is 9.18 Å². The van der Waals surface area contributed by atoms with E-state index in [0.717, 1.165) is 30.2 Å². The number of carboxylic acid groups (broad SMARTS) is 1. The Morgan fingerprint density at radius 2 is 2.25 bits per heavy atom. The van der Waals surface area contributed by atoms with E-state index >= 15 is 0 Å². The van der Waals surface area contributed by atoms with Crippen LogP contribution in [0.2, 0.25) is 5.02 Å². The molecule has 1 aromatic heterocycles. The van der Waals surface area contributed by atoms with Crippen molar-refractivity contribution in [2.75, 3.05) is 6.54 Å². The second-order valence-electron chi connectivity index (χ2n) is 5.04. The van der Waals surface area contributed by atoms with Gasteiger partial charge in [0.1, 0.15) is 5.82 Å². The Hall–Kier alpha value is -1.75. The van der Waals surface area contributed by atoms with Gasteiger partial charge >= 0.3 is 6.09 Å². The van der Waals surface area contributed by atoms with Crippen molar-refractivity contribution < 1.29 is 14.3 Å². The van der Waals surface area contributed by atoms with E-state index in [1.807, 2.05) is 0 Å². The predicted octanol–water partition coefficient (Wildman–Crippen LogP) is 4.17. The third kappa shape index (κ3) is 2.12. The third-order valence-electron chi connectivity index (χ3n) is 3.86. The Labute approximate surface area is 120 Å². The van der Waals surface area contributed by atoms with Gasteiger partial charge in [0.25, 0.3) is 0 Å². The van der Waals surface area contributed by atoms with Gasteiger partial charge in [-0.1, -0.05) is 11.6 Å². The molecule has 20 heavy (non-hydrogen) atoms. The van der Waals surface area contributed by atoms with Crippen LogP contribution in [0.25, 0.3) is 10.9 Å². The highest BCUT2D eigenvalue weighted by Gasteiger charge is 2.29. The molecule has 1 aliphatic rings. The van der Waals surface area contributed by atoms with Gasteiger partial charge < -0.3 is 15.0 Å². The molecule has 2 aromatic rings. The zero-order chi connectivity index (χ0) is 14.3. The van der Waals surface area contributed by atoms with Gasteiger partial charge in [0.05, 0.1) is 11.1 Å². The zero-order valence-electron chi connectivity index (χ0n) is 10.7. The van der Waals surface area contributed by atoms with Crippen molar-refractivity contribution in [1.29, 1.82) is 0 Å². The molecular weight excluding hydrogens is 283 g/mol. The van der Waals surface area contributed by atoms with Crippen LogP contribution in [0, 0.1) is 5.82 Å². The maximum atomic E-state index is 13.4. The number of hydrogen-bond acceptors (Lipinski definition) is 1. The van der Waals surface area contributed by atoms with Crippen molar-refractivity contribution in [3.05, 3.63) is 34.7 Å². The molecule has 0 aliphatic carbocycles. The van der Waals surface area contributed by atoms with E-state index in [1.54, 1.807) is 12.3 Å². The van der Waals surface area contributed by atoms with Crippen molar-refractivity contribution in [2.24, 2.45) is 0 Å². The first-order chi connectivity index (χ1) is 9.58. The number of aromatic nitrogens is 1. The first kappa shape index (κ1) is 13.2. The maximum absolute atomic E-state index is 13.4. The van der Waals surface area contributed by atoms with Crippen LogP contribution >= 0.6 is 11.6 Å². The predicted molar refractivity (Wildman–Crippen MR) is 74.6 cm³/mol. The molecule has 0 spiro atoms. The topological polar surface area (TPSA) is 56.3 Å². The summed E-state index contributed by atoms with van der Waals surface area (Å²) in [4.78, 5) is 15.8. The molecule has 1 fully saturated rings. The molecule has 0 radical (unpaired) electrons. The van der Waals surface area contributed by atoms with Crippen molar-refractivity contribution in [3.8, 4) is 0 Å². The summed E-state index contributed by atoms with van der Waals surface area (Å²) in [5.74, 6) is -0.480. The lowest BCUT2D eigenvalue weighted by molar-refractivity contribution is 0.107. The van der Waals surface area contributed by atoms with E-state index in [1.165, 1.54) is 11.0 Å². The van der Waals surface area contributed by atoms with E-state index in [4.69, 9.17) is 11.6 Å². The van der Waals surface area contributed by atoms with E-state index in [-0.39, 0.29) is 11.1 Å². The van der Waals surface area contributed by atoms with Crippen LogP contribution in [0.4, 0.5) is 9.18 Å². The van der Waals surface area contributed by atoms with Crippen LogP contribution < -0.4 is 0 Å². The van der Waals surface area contributed by atoms with Gasteiger partial charge in [0.15, 0.2) is 0 Å².